The van der Waals surface area contributed by atoms with Gasteiger partial charge in [-0.1, -0.05) is 25.7 Å². The summed E-state index contributed by atoms with van der Waals surface area (Å²) in [6.07, 6.45) is -1.19. The Balaban J connectivity index is 2.57. The van der Waals surface area contributed by atoms with Gasteiger partial charge in [-0.3, -0.25) is 4.79 Å². The van der Waals surface area contributed by atoms with Gasteiger partial charge >= 0.3 is 12.1 Å². The zero-order valence-electron chi connectivity index (χ0n) is 10.5. The van der Waals surface area contributed by atoms with Crippen LogP contribution >= 0.6 is 0 Å². The quantitative estimate of drug-likeness (QED) is 0.778. The molecular formula is C12H18F3NO3. The number of carboxylic acids is 1. The van der Waals surface area contributed by atoms with Crippen molar-refractivity contribution in [3.8, 4) is 0 Å². The molecule has 0 heterocycles. The second-order valence-corrected chi connectivity index (χ2v) is 4.91. The molecule has 1 unspecified atom stereocenters. The molecule has 1 saturated carbocycles. The highest BCUT2D eigenvalue weighted by atomic mass is 19.4. The predicted molar refractivity (Wildman–Crippen MR) is 61.4 cm³/mol. The van der Waals surface area contributed by atoms with E-state index in [4.69, 9.17) is 5.11 Å². The second kappa shape index (κ2) is 6.77. The lowest BCUT2D eigenvalue weighted by Crippen LogP contribution is -2.45. The number of aliphatic carboxylic acids is 1. The van der Waals surface area contributed by atoms with E-state index in [-0.39, 0.29) is 5.92 Å². The summed E-state index contributed by atoms with van der Waals surface area (Å²) in [5.41, 5.74) is 0. The van der Waals surface area contributed by atoms with Crippen LogP contribution < -0.4 is 5.32 Å². The molecule has 1 aliphatic carbocycles. The van der Waals surface area contributed by atoms with Crippen molar-refractivity contribution < 1.29 is 27.9 Å². The lowest BCUT2D eigenvalue weighted by Gasteiger charge is -2.20. The van der Waals surface area contributed by atoms with Gasteiger partial charge in [0.15, 0.2) is 0 Å². The molecule has 1 amide bonds. The highest BCUT2D eigenvalue weighted by molar-refractivity contribution is 5.85. The number of carbonyl (C=O) groups excluding carboxylic acids is 1. The maximum absolute atomic E-state index is 12.2. The minimum Gasteiger partial charge on any atom is -0.480 e. The zero-order chi connectivity index (χ0) is 14.5. The molecule has 0 saturated heterocycles. The Bertz CT molecular complexity index is 323. The first-order chi connectivity index (χ1) is 8.79. The number of carboxylic acid groups (broad SMARTS) is 1. The Morgan fingerprint density at radius 3 is 2.11 bits per heavy atom. The van der Waals surface area contributed by atoms with Crippen LogP contribution in [-0.4, -0.2) is 29.2 Å². The Kier molecular flexibility index (Phi) is 5.62. The average Bonchev–Trinajstić information content (AvgIpc) is 2.54. The molecule has 0 aromatic heterocycles. The van der Waals surface area contributed by atoms with Gasteiger partial charge in [0.05, 0.1) is 6.42 Å². The van der Waals surface area contributed by atoms with E-state index >= 15 is 0 Å². The van der Waals surface area contributed by atoms with E-state index in [1.54, 1.807) is 0 Å². The molecule has 1 aliphatic rings. The standard InChI is InChI=1S/C12H18F3NO3/c13-12(14,15)7-9(11(18)19)16-10(17)8-5-3-1-2-4-6-8/h8-9H,1-7H2,(H,16,17)(H,18,19). The van der Waals surface area contributed by atoms with E-state index in [0.717, 1.165) is 25.7 Å². The minimum absolute atomic E-state index is 0.363. The van der Waals surface area contributed by atoms with E-state index in [1.807, 2.05) is 5.32 Å². The van der Waals surface area contributed by atoms with Crippen LogP contribution in [0.25, 0.3) is 0 Å². The number of rotatable bonds is 4. The van der Waals surface area contributed by atoms with Crippen LogP contribution in [0, 0.1) is 5.92 Å². The van der Waals surface area contributed by atoms with E-state index < -0.39 is 30.5 Å². The van der Waals surface area contributed by atoms with Gasteiger partial charge in [-0.15, -0.1) is 0 Å². The zero-order valence-corrected chi connectivity index (χ0v) is 10.5. The third-order valence-electron chi connectivity index (χ3n) is 3.28. The second-order valence-electron chi connectivity index (χ2n) is 4.91. The van der Waals surface area contributed by atoms with Crippen molar-refractivity contribution in [2.75, 3.05) is 0 Å². The molecule has 2 N–H and O–H groups in total. The summed E-state index contributed by atoms with van der Waals surface area (Å²) in [6, 6.07) is -1.89. The number of amides is 1. The predicted octanol–water partition coefficient (Wildman–Crippen LogP) is 2.48. The maximum atomic E-state index is 12.2. The van der Waals surface area contributed by atoms with Crippen LogP contribution in [0.1, 0.15) is 44.9 Å². The van der Waals surface area contributed by atoms with Gasteiger partial charge in [0, 0.05) is 5.92 Å². The molecule has 0 spiro atoms. The van der Waals surface area contributed by atoms with Gasteiger partial charge in [0.2, 0.25) is 5.91 Å². The van der Waals surface area contributed by atoms with Gasteiger partial charge in [-0.25, -0.2) is 4.79 Å². The van der Waals surface area contributed by atoms with Crippen LogP contribution in [0.5, 0.6) is 0 Å². The van der Waals surface area contributed by atoms with Crippen molar-refractivity contribution in [2.45, 2.75) is 57.2 Å². The van der Waals surface area contributed by atoms with E-state index in [0.29, 0.717) is 12.8 Å². The summed E-state index contributed by atoms with van der Waals surface area (Å²) in [4.78, 5) is 22.6. The molecule has 1 fully saturated rings. The third kappa shape index (κ3) is 5.94. The lowest BCUT2D eigenvalue weighted by molar-refractivity contribution is -0.160. The topological polar surface area (TPSA) is 66.4 Å². The van der Waals surface area contributed by atoms with Gasteiger partial charge < -0.3 is 10.4 Å². The molecule has 0 aliphatic heterocycles. The lowest BCUT2D eigenvalue weighted by atomic mass is 9.99. The number of hydrogen-bond acceptors (Lipinski definition) is 2. The first-order valence-electron chi connectivity index (χ1n) is 6.39. The molecule has 0 bridgehead atoms. The third-order valence-corrected chi connectivity index (χ3v) is 3.28. The van der Waals surface area contributed by atoms with Crippen molar-refractivity contribution in [3.05, 3.63) is 0 Å². The first kappa shape index (κ1) is 15.8. The number of alkyl halides is 3. The molecule has 1 atom stereocenters. The largest absolute Gasteiger partial charge is 0.480 e. The summed E-state index contributed by atoms with van der Waals surface area (Å²) < 4.78 is 36.6. The van der Waals surface area contributed by atoms with Crippen molar-refractivity contribution in [1.82, 2.24) is 5.32 Å². The SMILES string of the molecule is O=C(NC(CC(F)(F)F)C(=O)O)C1CCCCCC1. The van der Waals surface area contributed by atoms with Gasteiger partial charge in [0.1, 0.15) is 6.04 Å². The monoisotopic (exact) mass is 281 g/mol. The molecular weight excluding hydrogens is 263 g/mol. The Hall–Kier alpha value is -1.27. The minimum atomic E-state index is -4.61. The highest BCUT2D eigenvalue weighted by Gasteiger charge is 2.37. The molecule has 110 valence electrons. The smallest absolute Gasteiger partial charge is 0.391 e. The fourth-order valence-corrected chi connectivity index (χ4v) is 2.26. The van der Waals surface area contributed by atoms with Crippen LogP contribution in [0.2, 0.25) is 0 Å². The van der Waals surface area contributed by atoms with E-state index in [9.17, 15) is 22.8 Å². The molecule has 7 heteroatoms. The number of nitrogens with one attached hydrogen (secondary N) is 1. The number of halogens is 3. The van der Waals surface area contributed by atoms with Crippen LogP contribution in [0.4, 0.5) is 13.2 Å². The van der Waals surface area contributed by atoms with Crippen molar-refractivity contribution >= 4 is 11.9 Å². The highest BCUT2D eigenvalue weighted by Crippen LogP contribution is 2.25. The molecule has 1 rings (SSSR count). The van der Waals surface area contributed by atoms with Crippen LogP contribution in [-0.2, 0) is 9.59 Å². The number of carbonyl (C=O) groups is 2. The molecule has 0 radical (unpaired) electrons. The van der Waals surface area contributed by atoms with Crippen molar-refractivity contribution in [2.24, 2.45) is 5.92 Å². The van der Waals surface area contributed by atoms with Crippen LogP contribution in [0.15, 0.2) is 0 Å². The summed E-state index contributed by atoms with van der Waals surface area (Å²) in [5.74, 6) is -2.59. The first-order valence-corrected chi connectivity index (χ1v) is 6.39. The molecule has 4 nitrogen and oxygen atoms in total. The van der Waals surface area contributed by atoms with Crippen molar-refractivity contribution in [3.63, 3.8) is 0 Å². The summed E-state index contributed by atoms with van der Waals surface area (Å²) >= 11 is 0. The summed E-state index contributed by atoms with van der Waals surface area (Å²) in [6.45, 7) is 0. The average molecular weight is 281 g/mol. The maximum Gasteiger partial charge on any atom is 0.391 e. The fraction of sp³-hybridized carbons (Fsp3) is 0.833. The molecule has 0 aromatic rings. The fourth-order valence-electron chi connectivity index (χ4n) is 2.26. The summed E-state index contributed by atoms with van der Waals surface area (Å²) in [7, 11) is 0. The Morgan fingerprint density at radius 2 is 1.68 bits per heavy atom. The Labute approximate surface area is 109 Å². The number of hydrogen-bond donors (Lipinski definition) is 2. The normalized spacial score (nSPS) is 19.5. The van der Waals surface area contributed by atoms with Crippen LogP contribution in [0.3, 0.4) is 0 Å². The van der Waals surface area contributed by atoms with Gasteiger partial charge in [-0.2, -0.15) is 13.2 Å². The van der Waals surface area contributed by atoms with Crippen molar-refractivity contribution in [1.29, 1.82) is 0 Å². The van der Waals surface area contributed by atoms with E-state index in [1.165, 1.54) is 0 Å². The van der Waals surface area contributed by atoms with Gasteiger partial charge in [-0.05, 0) is 12.8 Å². The molecule has 0 aromatic carbocycles. The Morgan fingerprint density at radius 1 is 1.16 bits per heavy atom. The van der Waals surface area contributed by atoms with E-state index in [2.05, 4.69) is 0 Å². The summed E-state index contributed by atoms with van der Waals surface area (Å²) in [5, 5.41) is 10.7. The molecule has 19 heavy (non-hydrogen) atoms. The van der Waals surface area contributed by atoms with Gasteiger partial charge in [0.25, 0.3) is 0 Å².